The third-order valence-electron chi connectivity index (χ3n) is 3.76. The summed E-state index contributed by atoms with van der Waals surface area (Å²) in [6.07, 6.45) is 0. The number of methoxy groups -OCH3 is 3. The molecule has 0 unspecified atom stereocenters. The zero-order valence-electron chi connectivity index (χ0n) is 16.1. The SMILES string of the molecule is CCNC(=NCc1cc(C)cc(OC)c1)Nc1ccc(OC)c(OC)c1. The fourth-order valence-corrected chi connectivity index (χ4v) is 2.56. The molecule has 6 heteroatoms. The Hall–Kier alpha value is -2.89. The molecule has 140 valence electrons. The summed E-state index contributed by atoms with van der Waals surface area (Å²) in [6.45, 7) is 5.38. The lowest BCUT2D eigenvalue weighted by Crippen LogP contribution is -2.30. The van der Waals surface area contributed by atoms with Crippen LogP contribution in [-0.2, 0) is 6.54 Å². The van der Waals surface area contributed by atoms with E-state index in [2.05, 4.69) is 21.7 Å². The van der Waals surface area contributed by atoms with E-state index >= 15 is 0 Å². The van der Waals surface area contributed by atoms with Crippen molar-refractivity contribution in [1.82, 2.24) is 5.32 Å². The summed E-state index contributed by atoms with van der Waals surface area (Å²) in [7, 11) is 4.91. The van der Waals surface area contributed by atoms with Gasteiger partial charge in [-0.3, -0.25) is 0 Å². The standard InChI is InChI=1S/C20H27N3O3/c1-6-21-20(22-13-15-9-14(2)10-17(11-15)24-3)23-16-7-8-18(25-4)19(12-16)26-5/h7-12H,6,13H2,1-5H3,(H2,21,22,23). The number of aryl methyl sites for hydroxylation is 1. The minimum Gasteiger partial charge on any atom is -0.497 e. The highest BCUT2D eigenvalue weighted by Gasteiger charge is 2.06. The second kappa shape index (κ2) is 9.56. The number of benzene rings is 2. The molecule has 0 aromatic heterocycles. The van der Waals surface area contributed by atoms with Crippen molar-refractivity contribution in [2.45, 2.75) is 20.4 Å². The van der Waals surface area contributed by atoms with Gasteiger partial charge in [-0.1, -0.05) is 6.07 Å². The van der Waals surface area contributed by atoms with E-state index < -0.39 is 0 Å². The fraction of sp³-hybridized carbons (Fsp3) is 0.350. The van der Waals surface area contributed by atoms with Crippen LogP contribution in [0.15, 0.2) is 41.4 Å². The van der Waals surface area contributed by atoms with Crippen molar-refractivity contribution in [2.75, 3.05) is 33.2 Å². The van der Waals surface area contributed by atoms with E-state index in [0.717, 1.165) is 29.1 Å². The number of nitrogens with one attached hydrogen (secondary N) is 2. The van der Waals surface area contributed by atoms with Gasteiger partial charge in [-0.15, -0.1) is 0 Å². The van der Waals surface area contributed by atoms with Gasteiger partial charge in [0.2, 0.25) is 0 Å². The molecule has 6 nitrogen and oxygen atoms in total. The largest absolute Gasteiger partial charge is 0.497 e. The van der Waals surface area contributed by atoms with E-state index in [1.165, 1.54) is 0 Å². The number of aliphatic imine (C=N–C) groups is 1. The quantitative estimate of drug-likeness (QED) is 0.586. The Kier molecular flexibility index (Phi) is 7.14. The molecule has 0 atom stereocenters. The highest BCUT2D eigenvalue weighted by atomic mass is 16.5. The van der Waals surface area contributed by atoms with Crippen LogP contribution in [0, 0.1) is 6.92 Å². The van der Waals surface area contributed by atoms with Gasteiger partial charge in [-0.05, 0) is 49.2 Å². The summed E-state index contributed by atoms with van der Waals surface area (Å²) >= 11 is 0. The van der Waals surface area contributed by atoms with Crippen LogP contribution in [0.3, 0.4) is 0 Å². The van der Waals surface area contributed by atoms with Gasteiger partial charge in [-0.2, -0.15) is 0 Å². The first-order valence-corrected chi connectivity index (χ1v) is 8.51. The van der Waals surface area contributed by atoms with Crippen molar-refractivity contribution in [1.29, 1.82) is 0 Å². The molecule has 2 aromatic carbocycles. The minimum absolute atomic E-state index is 0.542. The van der Waals surface area contributed by atoms with Crippen LogP contribution in [0.4, 0.5) is 5.69 Å². The van der Waals surface area contributed by atoms with Crippen molar-refractivity contribution >= 4 is 11.6 Å². The first-order valence-electron chi connectivity index (χ1n) is 8.51. The Labute approximate surface area is 155 Å². The van der Waals surface area contributed by atoms with Crippen molar-refractivity contribution in [3.05, 3.63) is 47.5 Å². The smallest absolute Gasteiger partial charge is 0.196 e. The highest BCUT2D eigenvalue weighted by molar-refractivity contribution is 5.93. The molecule has 2 rings (SSSR count). The van der Waals surface area contributed by atoms with E-state index in [9.17, 15) is 0 Å². The van der Waals surface area contributed by atoms with Crippen LogP contribution >= 0.6 is 0 Å². The summed E-state index contributed by atoms with van der Waals surface area (Å²) in [5, 5.41) is 6.54. The van der Waals surface area contributed by atoms with Crippen molar-refractivity contribution in [3.8, 4) is 17.2 Å². The Morgan fingerprint density at radius 2 is 1.73 bits per heavy atom. The van der Waals surface area contributed by atoms with Gasteiger partial charge in [0.25, 0.3) is 0 Å². The van der Waals surface area contributed by atoms with Crippen LogP contribution in [0.5, 0.6) is 17.2 Å². The first kappa shape index (κ1) is 19.4. The summed E-state index contributed by atoms with van der Waals surface area (Å²) in [5.41, 5.74) is 3.10. The lowest BCUT2D eigenvalue weighted by Gasteiger charge is -2.14. The van der Waals surface area contributed by atoms with Gasteiger partial charge in [0.05, 0.1) is 27.9 Å². The maximum Gasteiger partial charge on any atom is 0.196 e. The van der Waals surface area contributed by atoms with Crippen molar-refractivity contribution in [3.63, 3.8) is 0 Å². The average molecular weight is 357 g/mol. The molecule has 0 spiro atoms. The lowest BCUT2D eigenvalue weighted by atomic mass is 10.1. The van der Waals surface area contributed by atoms with Gasteiger partial charge >= 0.3 is 0 Å². The molecule has 0 radical (unpaired) electrons. The molecule has 0 amide bonds. The molecular weight excluding hydrogens is 330 g/mol. The monoisotopic (exact) mass is 357 g/mol. The van der Waals surface area contributed by atoms with Gasteiger partial charge in [0.1, 0.15) is 5.75 Å². The number of rotatable bonds is 7. The summed E-state index contributed by atoms with van der Waals surface area (Å²) in [4.78, 5) is 4.66. The number of nitrogens with zero attached hydrogens (tertiary/aromatic N) is 1. The molecule has 2 N–H and O–H groups in total. The zero-order valence-corrected chi connectivity index (χ0v) is 16.1. The summed E-state index contributed by atoms with van der Waals surface area (Å²) in [5.74, 6) is 2.89. The van der Waals surface area contributed by atoms with Gasteiger partial charge in [-0.25, -0.2) is 4.99 Å². The number of guanidine groups is 1. The Balaban J connectivity index is 2.18. The topological polar surface area (TPSA) is 64.1 Å². The van der Waals surface area contributed by atoms with Gasteiger partial charge in [0, 0.05) is 18.3 Å². The van der Waals surface area contributed by atoms with Crippen LogP contribution in [0.2, 0.25) is 0 Å². The summed E-state index contributed by atoms with van der Waals surface area (Å²) in [6, 6.07) is 11.8. The fourth-order valence-electron chi connectivity index (χ4n) is 2.56. The molecule has 0 aliphatic heterocycles. The van der Waals surface area contributed by atoms with Gasteiger partial charge in [0.15, 0.2) is 17.5 Å². The third kappa shape index (κ3) is 5.31. The molecular formula is C20H27N3O3. The van der Waals surface area contributed by atoms with Crippen LogP contribution in [0.1, 0.15) is 18.1 Å². The Morgan fingerprint density at radius 1 is 0.962 bits per heavy atom. The van der Waals surface area contributed by atoms with Crippen LogP contribution in [0.25, 0.3) is 0 Å². The molecule has 0 fully saturated rings. The first-order chi connectivity index (χ1) is 12.6. The second-order valence-electron chi connectivity index (χ2n) is 5.75. The van der Waals surface area contributed by atoms with E-state index in [0.29, 0.717) is 24.0 Å². The zero-order chi connectivity index (χ0) is 18.9. The van der Waals surface area contributed by atoms with Crippen molar-refractivity contribution < 1.29 is 14.2 Å². The Morgan fingerprint density at radius 3 is 2.38 bits per heavy atom. The Bertz CT molecular complexity index is 760. The van der Waals surface area contributed by atoms with Gasteiger partial charge < -0.3 is 24.8 Å². The highest BCUT2D eigenvalue weighted by Crippen LogP contribution is 2.29. The maximum atomic E-state index is 5.35. The normalized spacial score (nSPS) is 11.0. The number of ether oxygens (including phenoxy) is 3. The molecule has 0 aliphatic carbocycles. The second-order valence-corrected chi connectivity index (χ2v) is 5.75. The van der Waals surface area contributed by atoms with E-state index in [-0.39, 0.29) is 0 Å². The lowest BCUT2D eigenvalue weighted by molar-refractivity contribution is 0.355. The number of hydrogen-bond donors (Lipinski definition) is 2. The van der Waals surface area contributed by atoms with E-state index in [4.69, 9.17) is 14.2 Å². The molecule has 0 saturated heterocycles. The minimum atomic E-state index is 0.542. The predicted molar refractivity (Wildman–Crippen MR) is 106 cm³/mol. The number of anilines is 1. The van der Waals surface area contributed by atoms with Crippen LogP contribution < -0.4 is 24.8 Å². The predicted octanol–water partition coefficient (Wildman–Crippen LogP) is 3.60. The summed E-state index contributed by atoms with van der Waals surface area (Å²) < 4.78 is 15.9. The van der Waals surface area contributed by atoms with E-state index in [1.807, 2.05) is 44.2 Å². The molecule has 0 heterocycles. The molecule has 0 aliphatic rings. The molecule has 2 aromatic rings. The molecule has 0 saturated carbocycles. The molecule has 26 heavy (non-hydrogen) atoms. The van der Waals surface area contributed by atoms with E-state index in [1.54, 1.807) is 21.3 Å². The average Bonchev–Trinajstić information content (AvgIpc) is 2.65. The third-order valence-corrected chi connectivity index (χ3v) is 3.76. The van der Waals surface area contributed by atoms with Crippen molar-refractivity contribution in [2.24, 2.45) is 4.99 Å². The van der Waals surface area contributed by atoms with Crippen LogP contribution in [-0.4, -0.2) is 33.8 Å². The maximum absolute atomic E-state index is 5.35. The molecule has 0 bridgehead atoms. The number of hydrogen-bond acceptors (Lipinski definition) is 4.